The highest BCUT2D eigenvalue weighted by atomic mass is 16.4. The molecule has 0 aromatic rings. The molecule has 0 saturated heterocycles. The van der Waals surface area contributed by atoms with Crippen LogP contribution in [0.25, 0.3) is 0 Å². The normalized spacial score (nSPS) is 26.3. The van der Waals surface area contributed by atoms with Crippen molar-refractivity contribution in [2.45, 2.75) is 38.5 Å². The van der Waals surface area contributed by atoms with E-state index in [1.165, 1.54) is 18.4 Å². The summed E-state index contributed by atoms with van der Waals surface area (Å²) in [7, 11) is 0. The fraction of sp³-hybridized carbons (Fsp3) is 0.615. The number of carboxylic acids is 1. The summed E-state index contributed by atoms with van der Waals surface area (Å²) in [4.78, 5) is 10.5. The lowest BCUT2D eigenvalue weighted by Crippen LogP contribution is -2.19. The second-order valence-corrected chi connectivity index (χ2v) is 4.36. The number of carbonyl (C=O) groups is 1. The van der Waals surface area contributed by atoms with Gasteiger partial charge in [0.15, 0.2) is 0 Å². The van der Waals surface area contributed by atoms with Gasteiger partial charge in [-0.1, -0.05) is 24.6 Å². The average Bonchev–Trinajstić information content (AvgIpc) is 2.19. The highest BCUT2D eigenvalue weighted by Crippen LogP contribution is 2.37. The van der Waals surface area contributed by atoms with Gasteiger partial charge in [0.1, 0.15) is 0 Å². The SMILES string of the molecule is C=CCC1CCCC(CCC(=O)O)C1=C. The zero-order valence-corrected chi connectivity index (χ0v) is 9.24. The first kappa shape index (κ1) is 12.0. The van der Waals surface area contributed by atoms with Gasteiger partial charge >= 0.3 is 5.97 Å². The van der Waals surface area contributed by atoms with E-state index in [1.807, 2.05) is 6.08 Å². The van der Waals surface area contributed by atoms with Gasteiger partial charge in [-0.2, -0.15) is 0 Å². The van der Waals surface area contributed by atoms with Crippen molar-refractivity contribution in [3.05, 3.63) is 24.8 Å². The number of hydrogen-bond donors (Lipinski definition) is 1. The Balaban J connectivity index is 2.46. The van der Waals surface area contributed by atoms with Crippen LogP contribution in [-0.4, -0.2) is 11.1 Å². The molecule has 1 rings (SSSR count). The minimum Gasteiger partial charge on any atom is -0.481 e. The molecule has 0 radical (unpaired) electrons. The van der Waals surface area contributed by atoms with E-state index in [-0.39, 0.29) is 6.42 Å². The number of carboxylic acid groups (broad SMARTS) is 1. The first-order valence-corrected chi connectivity index (χ1v) is 5.66. The number of aliphatic carboxylic acids is 1. The van der Waals surface area contributed by atoms with Crippen LogP contribution in [0.5, 0.6) is 0 Å². The number of allylic oxidation sites excluding steroid dienone is 2. The van der Waals surface area contributed by atoms with Crippen LogP contribution in [0.2, 0.25) is 0 Å². The maximum Gasteiger partial charge on any atom is 0.303 e. The van der Waals surface area contributed by atoms with Crippen LogP contribution in [0.15, 0.2) is 24.8 Å². The Bertz CT molecular complexity index is 255. The Morgan fingerprint density at radius 1 is 1.47 bits per heavy atom. The Kier molecular flexibility index (Phi) is 4.60. The summed E-state index contributed by atoms with van der Waals surface area (Å²) in [6.07, 6.45) is 7.44. The molecule has 0 aromatic carbocycles. The van der Waals surface area contributed by atoms with Gasteiger partial charge in [-0.05, 0) is 37.5 Å². The molecule has 0 aromatic heterocycles. The zero-order valence-electron chi connectivity index (χ0n) is 9.24. The molecule has 2 unspecified atom stereocenters. The second-order valence-electron chi connectivity index (χ2n) is 4.36. The smallest absolute Gasteiger partial charge is 0.303 e. The molecule has 15 heavy (non-hydrogen) atoms. The van der Waals surface area contributed by atoms with Crippen LogP contribution in [0.3, 0.4) is 0 Å². The van der Waals surface area contributed by atoms with Crippen molar-refractivity contribution in [2.24, 2.45) is 11.8 Å². The molecule has 1 aliphatic carbocycles. The van der Waals surface area contributed by atoms with Crippen molar-refractivity contribution in [3.63, 3.8) is 0 Å². The van der Waals surface area contributed by atoms with E-state index in [1.54, 1.807) is 0 Å². The highest BCUT2D eigenvalue weighted by molar-refractivity contribution is 5.66. The van der Waals surface area contributed by atoms with E-state index >= 15 is 0 Å². The molecule has 1 fully saturated rings. The second kappa shape index (κ2) is 5.74. The Morgan fingerprint density at radius 3 is 2.73 bits per heavy atom. The summed E-state index contributed by atoms with van der Waals surface area (Å²) in [5.74, 6) is 0.253. The molecule has 0 bridgehead atoms. The molecule has 84 valence electrons. The predicted molar refractivity (Wildman–Crippen MR) is 61.7 cm³/mol. The van der Waals surface area contributed by atoms with Crippen molar-refractivity contribution in [3.8, 4) is 0 Å². The molecule has 0 spiro atoms. The third-order valence-corrected chi connectivity index (χ3v) is 3.31. The zero-order chi connectivity index (χ0) is 11.3. The number of hydrogen-bond acceptors (Lipinski definition) is 1. The Labute approximate surface area is 91.7 Å². The van der Waals surface area contributed by atoms with Gasteiger partial charge in [-0.25, -0.2) is 0 Å². The van der Waals surface area contributed by atoms with Gasteiger partial charge in [0, 0.05) is 6.42 Å². The molecular formula is C13H20O2. The monoisotopic (exact) mass is 208 g/mol. The van der Waals surface area contributed by atoms with Crippen LogP contribution >= 0.6 is 0 Å². The molecule has 2 nitrogen and oxygen atoms in total. The first-order valence-electron chi connectivity index (χ1n) is 5.66. The van der Waals surface area contributed by atoms with Crippen molar-refractivity contribution in [1.29, 1.82) is 0 Å². The third kappa shape index (κ3) is 3.54. The van der Waals surface area contributed by atoms with Crippen LogP contribution in [-0.2, 0) is 4.79 Å². The lowest BCUT2D eigenvalue weighted by Gasteiger charge is -2.31. The number of rotatable bonds is 5. The van der Waals surface area contributed by atoms with Crippen molar-refractivity contribution in [2.75, 3.05) is 0 Å². The Morgan fingerprint density at radius 2 is 2.13 bits per heavy atom. The maximum absolute atomic E-state index is 10.5. The molecule has 1 aliphatic rings. The third-order valence-electron chi connectivity index (χ3n) is 3.31. The van der Waals surface area contributed by atoms with Crippen LogP contribution in [0.4, 0.5) is 0 Å². The van der Waals surface area contributed by atoms with Crippen LogP contribution < -0.4 is 0 Å². The van der Waals surface area contributed by atoms with E-state index in [9.17, 15) is 4.79 Å². The fourth-order valence-electron chi connectivity index (χ4n) is 2.41. The summed E-state index contributed by atoms with van der Waals surface area (Å²) < 4.78 is 0. The van der Waals surface area contributed by atoms with Gasteiger partial charge in [-0.3, -0.25) is 4.79 Å². The summed E-state index contributed by atoms with van der Waals surface area (Å²) in [6.45, 7) is 7.89. The molecule has 1 N–H and O–H groups in total. The van der Waals surface area contributed by atoms with E-state index in [2.05, 4.69) is 13.2 Å². The summed E-state index contributed by atoms with van der Waals surface area (Å²) >= 11 is 0. The fourth-order valence-corrected chi connectivity index (χ4v) is 2.41. The van der Waals surface area contributed by atoms with Gasteiger partial charge < -0.3 is 5.11 Å². The maximum atomic E-state index is 10.5. The van der Waals surface area contributed by atoms with Crippen LogP contribution in [0.1, 0.15) is 38.5 Å². The minimum atomic E-state index is -0.700. The van der Waals surface area contributed by atoms with E-state index in [4.69, 9.17) is 5.11 Å². The molecule has 0 heterocycles. The lowest BCUT2D eigenvalue weighted by atomic mass is 9.74. The van der Waals surface area contributed by atoms with E-state index in [0.717, 1.165) is 19.3 Å². The molecule has 2 atom stereocenters. The minimum absolute atomic E-state index is 0.268. The predicted octanol–water partition coefficient (Wildman–Crippen LogP) is 3.40. The molecule has 2 heteroatoms. The lowest BCUT2D eigenvalue weighted by molar-refractivity contribution is -0.137. The van der Waals surface area contributed by atoms with Crippen molar-refractivity contribution < 1.29 is 9.90 Å². The molecule has 1 saturated carbocycles. The van der Waals surface area contributed by atoms with Crippen molar-refractivity contribution in [1.82, 2.24) is 0 Å². The van der Waals surface area contributed by atoms with E-state index < -0.39 is 5.97 Å². The largest absolute Gasteiger partial charge is 0.481 e. The summed E-state index contributed by atoms with van der Waals surface area (Å²) in [6, 6.07) is 0. The Hall–Kier alpha value is -1.05. The molecule has 0 amide bonds. The first-order chi connectivity index (χ1) is 7.15. The quantitative estimate of drug-likeness (QED) is 0.703. The van der Waals surface area contributed by atoms with Crippen molar-refractivity contribution >= 4 is 5.97 Å². The van der Waals surface area contributed by atoms with Crippen LogP contribution in [0, 0.1) is 11.8 Å². The summed E-state index contributed by atoms with van der Waals surface area (Å²) in [5, 5.41) is 8.65. The van der Waals surface area contributed by atoms with Gasteiger partial charge in [0.05, 0.1) is 0 Å². The van der Waals surface area contributed by atoms with Gasteiger partial charge in [0.2, 0.25) is 0 Å². The van der Waals surface area contributed by atoms with Gasteiger partial charge in [0.25, 0.3) is 0 Å². The topological polar surface area (TPSA) is 37.3 Å². The molecular weight excluding hydrogens is 188 g/mol. The van der Waals surface area contributed by atoms with E-state index in [0.29, 0.717) is 11.8 Å². The van der Waals surface area contributed by atoms with Gasteiger partial charge in [-0.15, -0.1) is 6.58 Å². The highest BCUT2D eigenvalue weighted by Gasteiger charge is 2.25. The standard InChI is InChI=1S/C13H20O2/c1-3-5-11-6-4-7-12(10(11)2)8-9-13(14)15/h3,11-12H,1-2,4-9H2,(H,14,15). The average molecular weight is 208 g/mol. The summed E-state index contributed by atoms with van der Waals surface area (Å²) in [5.41, 5.74) is 1.25. The molecule has 0 aliphatic heterocycles.